The molecule has 1 aliphatic heterocycles. The molecule has 0 radical (unpaired) electrons. The fourth-order valence-corrected chi connectivity index (χ4v) is 3.59. The van der Waals surface area contributed by atoms with E-state index in [1.807, 2.05) is 0 Å². The number of rotatable bonds is 4. The average Bonchev–Trinajstić information content (AvgIpc) is 2.86. The second kappa shape index (κ2) is 6.78. The molecule has 2 N–H and O–H groups in total. The summed E-state index contributed by atoms with van der Waals surface area (Å²) in [6, 6.07) is 0.775. The first-order valence-electron chi connectivity index (χ1n) is 7.70. The van der Waals surface area contributed by atoms with Crippen LogP contribution in [0.15, 0.2) is 29.4 Å². The van der Waals surface area contributed by atoms with E-state index in [2.05, 4.69) is 4.98 Å². The highest BCUT2D eigenvalue weighted by molar-refractivity contribution is 7.90. The molecule has 3 amide bonds. The molecule has 1 saturated heterocycles. The molecule has 2 aromatic rings. The molecule has 0 unspecified atom stereocenters. The SMILES string of the molecule is CS(=O)(=O)c1c(F)cc(N2C(=O)CN(Cc3ccncc3N)C2=O)c(F)c1F. The summed E-state index contributed by atoms with van der Waals surface area (Å²) in [5.41, 5.74) is 5.43. The summed E-state index contributed by atoms with van der Waals surface area (Å²) in [7, 11) is -4.42. The number of carbonyl (C=O) groups excluding carboxylic acids is 2. The van der Waals surface area contributed by atoms with Gasteiger partial charge in [0.1, 0.15) is 17.3 Å². The summed E-state index contributed by atoms with van der Waals surface area (Å²) in [5.74, 6) is -6.39. The Hall–Kier alpha value is -3.15. The lowest BCUT2D eigenvalue weighted by atomic mass is 10.2. The van der Waals surface area contributed by atoms with Gasteiger partial charge >= 0.3 is 6.03 Å². The molecular formula is C16H13F3N4O4S. The lowest BCUT2D eigenvalue weighted by Crippen LogP contribution is -2.34. The highest BCUT2D eigenvalue weighted by Gasteiger charge is 2.40. The molecule has 8 nitrogen and oxygen atoms in total. The van der Waals surface area contributed by atoms with Gasteiger partial charge in [0.15, 0.2) is 21.5 Å². The van der Waals surface area contributed by atoms with Crippen molar-refractivity contribution in [1.29, 1.82) is 0 Å². The number of halogens is 3. The number of sulfone groups is 1. The summed E-state index contributed by atoms with van der Waals surface area (Å²) in [4.78, 5) is 28.3. The smallest absolute Gasteiger partial charge is 0.332 e. The molecule has 0 saturated carbocycles. The van der Waals surface area contributed by atoms with Gasteiger partial charge in [0.2, 0.25) is 0 Å². The van der Waals surface area contributed by atoms with Crippen LogP contribution in [-0.4, -0.2) is 43.0 Å². The summed E-state index contributed by atoms with van der Waals surface area (Å²) in [6.07, 6.45) is 3.25. The van der Waals surface area contributed by atoms with Crippen molar-refractivity contribution in [1.82, 2.24) is 9.88 Å². The summed E-state index contributed by atoms with van der Waals surface area (Å²) >= 11 is 0. The van der Waals surface area contributed by atoms with Crippen LogP contribution in [0.3, 0.4) is 0 Å². The van der Waals surface area contributed by atoms with Gasteiger partial charge in [0.25, 0.3) is 5.91 Å². The number of nitrogens with zero attached hydrogens (tertiary/aromatic N) is 3. The van der Waals surface area contributed by atoms with Crippen LogP contribution in [0, 0.1) is 17.5 Å². The van der Waals surface area contributed by atoms with Crippen molar-refractivity contribution in [3.05, 3.63) is 47.5 Å². The van der Waals surface area contributed by atoms with E-state index in [0.717, 1.165) is 4.90 Å². The Morgan fingerprint density at radius 1 is 1.21 bits per heavy atom. The van der Waals surface area contributed by atoms with E-state index in [1.165, 1.54) is 18.5 Å². The zero-order chi connectivity index (χ0) is 20.8. The molecule has 1 aromatic heterocycles. The molecule has 3 rings (SSSR count). The minimum atomic E-state index is -4.42. The first kappa shape index (κ1) is 19.6. The molecule has 0 aliphatic carbocycles. The number of pyridine rings is 1. The number of amides is 3. The van der Waals surface area contributed by atoms with Gasteiger partial charge in [-0.25, -0.2) is 31.3 Å². The van der Waals surface area contributed by atoms with Crippen molar-refractivity contribution in [2.45, 2.75) is 11.4 Å². The fraction of sp³-hybridized carbons (Fsp3) is 0.188. The third-order valence-corrected chi connectivity index (χ3v) is 5.17. The molecule has 1 aromatic carbocycles. The summed E-state index contributed by atoms with van der Waals surface area (Å²) in [5, 5.41) is 0. The van der Waals surface area contributed by atoms with E-state index in [9.17, 15) is 31.2 Å². The largest absolute Gasteiger partial charge is 0.397 e. The van der Waals surface area contributed by atoms with E-state index in [-0.39, 0.29) is 17.1 Å². The Morgan fingerprint density at radius 2 is 1.89 bits per heavy atom. The van der Waals surface area contributed by atoms with Crippen LogP contribution in [-0.2, 0) is 21.2 Å². The zero-order valence-corrected chi connectivity index (χ0v) is 15.1. The summed E-state index contributed by atoms with van der Waals surface area (Å²) in [6.45, 7) is -0.611. The predicted octanol–water partition coefficient (Wildman–Crippen LogP) is 1.45. The van der Waals surface area contributed by atoms with E-state index in [1.54, 1.807) is 0 Å². The number of benzene rings is 1. The van der Waals surface area contributed by atoms with Crippen LogP contribution >= 0.6 is 0 Å². The number of urea groups is 1. The van der Waals surface area contributed by atoms with E-state index in [0.29, 0.717) is 17.9 Å². The van der Waals surface area contributed by atoms with Crippen molar-refractivity contribution in [2.75, 3.05) is 23.4 Å². The van der Waals surface area contributed by atoms with Gasteiger partial charge in [0, 0.05) is 18.5 Å². The van der Waals surface area contributed by atoms with E-state index < -0.39 is 56.4 Å². The fourth-order valence-electron chi connectivity index (χ4n) is 2.76. The van der Waals surface area contributed by atoms with Gasteiger partial charge in [-0.1, -0.05) is 0 Å². The Balaban J connectivity index is 2.00. The number of imide groups is 1. The highest BCUT2D eigenvalue weighted by Crippen LogP contribution is 2.32. The number of hydrogen-bond donors (Lipinski definition) is 1. The molecule has 2 heterocycles. The zero-order valence-electron chi connectivity index (χ0n) is 14.3. The van der Waals surface area contributed by atoms with Gasteiger partial charge in [-0.2, -0.15) is 0 Å². The van der Waals surface area contributed by atoms with Crippen LogP contribution in [0.5, 0.6) is 0 Å². The molecule has 12 heteroatoms. The maximum Gasteiger partial charge on any atom is 0.332 e. The van der Waals surface area contributed by atoms with Gasteiger partial charge in [-0.05, 0) is 11.6 Å². The molecule has 1 fully saturated rings. The predicted molar refractivity (Wildman–Crippen MR) is 91.4 cm³/mol. The molecular weight excluding hydrogens is 401 g/mol. The third kappa shape index (κ3) is 3.26. The van der Waals surface area contributed by atoms with Crippen molar-refractivity contribution in [2.24, 2.45) is 0 Å². The Kier molecular flexibility index (Phi) is 4.75. The first-order chi connectivity index (χ1) is 13.0. The number of carbonyl (C=O) groups is 2. The van der Waals surface area contributed by atoms with Gasteiger partial charge in [0.05, 0.1) is 24.1 Å². The van der Waals surface area contributed by atoms with Gasteiger partial charge < -0.3 is 10.6 Å². The van der Waals surface area contributed by atoms with Crippen molar-refractivity contribution in [3.8, 4) is 0 Å². The number of aromatic nitrogens is 1. The monoisotopic (exact) mass is 414 g/mol. The number of hydrogen-bond acceptors (Lipinski definition) is 6. The lowest BCUT2D eigenvalue weighted by molar-refractivity contribution is -0.116. The molecule has 1 aliphatic rings. The third-order valence-electron chi connectivity index (χ3n) is 4.05. The maximum absolute atomic E-state index is 14.4. The Labute approximate surface area is 157 Å². The quantitative estimate of drug-likeness (QED) is 0.599. The van der Waals surface area contributed by atoms with Gasteiger partial charge in [-0.15, -0.1) is 0 Å². The number of anilines is 2. The van der Waals surface area contributed by atoms with E-state index in [4.69, 9.17) is 5.73 Å². The topological polar surface area (TPSA) is 114 Å². The van der Waals surface area contributed by atoms with E-state index >= 15 is 0 Å². The van der Waals surface area contributed by atoms with Crippen LogP contribution in [0.25, 0.3) is 0 Å². The van der Waals surface area contributed by atoms with Crippen molar-refractivity contribution < 1.29 is 31.2 Å². The standard InChI is InChI=1S/C16H13F3N4O4S/c1-28(26,27)15-9(17)4-11(13(18)14(15)19)23-12(24)7-22(16(23)25)6-8-2-3-21-5-10(8)20/h2-5H,6-7,20H2,1H3. The van der Waals surface area contributed by atoms with Gasteiger partial charge in [-0.3, -0.25) is 9.78 Å². The molecule has 0 atom stereocenters. The minimum Gasteiger partial charge on any atom is -0.397 e. The van der Waals surface area contributed by atoms with Crippen LogP contribution < -0.4 is 10.6 Å². The second-order valence-corrected chi connectivity index (χ2v) is 8.00. The highest BCUT2D eigenvalue weighted by atomic mass is 32.2. The molecule has 0 spiro atoms. The van der Waals surface area contributed by atoms with Crippen LogP contribution in [0.2, 0.25) is 0 Å². The first-order valence-corrected chi connectivity index (χ1v) is 9.59. The van der Waals surface area contributed by atoms with Crippen LogP contribution in [0.4, 0.5) is 29.3 Å². The lowest BCUT2D eigenvalue weighted by Gasteiger charge is -2.19. The number of nitrogen functional groups attached to an aromatic ring is 1. The second-order valence-electron chi connectivity index (χ2n) is 6.05. The minimum absolute atomic E-state index is 0.122. The molecule has 148 valence electrons. The van der Waals surface area contributed by atoms with Crippen molar-refractivity contribution >= 4 is 33.2 Å². The Morgan fingerprint density at radius 3 is 2.50 bits per heavy atom. The summed E-state index contributed by atoms with van der Waals surface area (Å²) < 4.78 is 65.6. The molecule has 28 heavy (non-hydrogen) atoms. The average molecular weight is 414 g/mol. The van der Waals surface area contributed by atoms with Crippen LogP contribution in [0.1, 0.15) is 5.56 Å². The maximum atomic E-state index is 14.4. The Bertz CT molecular complexity index is 1110. The van der Waals surface area contributed by atoms with Crippen molar-refractivity contribution in [3.63, 3.8) is 0 Å². The molecule has 0 bridgehead atoms. The number of nitrogens with two attached hydrogens (primary N) is 1. The normalized spacial score (nSPS) is 14.9.